The summed E-state index contributed by atoms with van der Waals surface area (Å²) < 4.78 is 15.0. The summed E-state index contributed by atoms with van der Waals surface area (Å²) in [4.78, 5) is 0.284. The molecule has 0 amide bonds. The molecule has 3 rings (SSSR count). The minimum Gasteiger partial charge on any atom is -0.343 e. The van der Waals surface area contributed by atoms with Crippen molar-refractivity contribution in [3.05, 3.63) is 71.7 Å². The Bertz CT molecular complexity index is 796. The maximum Gasteiger partial charge on any atom is 0.130 e. The Labute approximate surface area is 126 Å². The average molecular weight is 300 g/mol. The minimum absolute atomic E-state index is 0.238. The van der Waals surface area contributed by atoms with Crippen molar-refractivity contribution >= 4 is 28.1 Å². The van der Waals surface area contributed by atoms with Crippen molar-refractivity contribution in [3.63, 3.8) is 0 Å². The molecule has 21 heavy (non-hydrogen) atoms. The summed E-state index contributed by atoms with van der Waals surface area (Å²) in [5.41, 5.74) is 4.77. The molecule has 0 aliphatic heterocycles. The number of rotatable bonds is 3. The molecule has 0 saturated heterocycles. The number of hydrogen-bond acceptors (Lipinski definition) is 2. The fourth-order valence-corrected chi connectivity index (χ4v) is 2.44. The number of halogens is 1. The van der Waals surface area contributed by atoms with Crippen molar-refractivity contribution in [3.8, 4) is 0 Å². The summed E-state index contributed by atoms with van der Waals surface area (Å²) in [7, 11) is 0. The van der Waals surface area contributed by atoms with E-state index in [1.807, 2.05) is 35.9 Å². The largest absolute Gasteiger partial charge is 0.343 e. The molecule has 3 aromatic rings. The first-order valence-corrected chi connectivity index (χ1v) is 6.86. The van der Waals surface area contributed by atoms with E-state index in [0.29, 0.717) is 6.54 Å². The van der Waals surface area contributed by atoms with Crippen LogP contribution in [0.15, 0.2) is 54.7 Å². The van der Waals surface area contributed by atoms with Crippen LogP contribution in [0.2, 0.25) is 0 Å². The van der Waals surface area contributed by atoms with Gasteiger partial charge in [-0.05, 0) is 35.2 Å². The predicted octanol–water partition coefficient (Wildman–Crippen LogP) is 3.48. The van der Waals surface area contributed by atoms with Gasteiger partial charge in [0.05, 0.1) is 0 Å². The Morgan fingerprint density at radius 1 is 1.14 bits per heavy atom. The average Bonchev–Trinajstić information content (AvgIpc) is 2.91. The van der Waals surface area contributed by atoms with Crippen LogP contribution in [0.25, 0.3) is 10.9 Å². The lowest BCUT2D eigenvalue weighted by Crippen LogP contribution is -2.17. The zero-order valence-corrected chi connectivity index (χ0v) is 11.9. The number of nitrogens with zero attached hydrogens (tertiary/aromatic N) is 1. The standard InChI is InChI=1S/C16H13FN2OS/c17-14-5-1-11(2-6-14)10-19-8-7-12-3-4-13(9-15(12)19)16(21)18-20/h1-9,20H,10H2,(H,18,21). The van der Waals surface area contributed by atoms with Crippen LogP contribution in [-0.4, -0.2) is 14.8 Å². The molecule has 0 aliphatic rings. The Balaban J connectivity index is 1.98. The number of aromatic nitrogens is 1. The van der Waals surface area contributed by atoms with Gasteiger partial charge in [-0.3, -0.25) is 10.7 Å². The molecule has 1 aromatic heterocycles. The molecule has 0 aliphatic carbocycles. The zero-order chi connectivity index (χ0) is 14.8. The van der Waals surface area contributed by atoms with Crippen LogP contribution in [0.5, 0.6) is 0 Å². The number of hydrogen-bond donors (Lipinski definition) is 2. The zero-order valence-electron chi connectivity index (χ0n) is 11.1. The topological polar surface area (TPSA) is 37.2 Å². The summed E-state index contributed by atoms with van der Waals surface area (Å²) in [6.07, 6.45) is 1.98. The van der Waals surface area contributed by atoms with Gasteiger partial charge in [0.15, 0.2) is 0 Å². The van der Waals surface area contributed by atoms with Gasteiger partial charge in [0.1, 0.15) is 10.8 Å². The van der Waals surface area contributed by atoms with E-state index in [0.717, 1.165) is 22.0 Å². The van der Waals surface area contributed by atoms with Crippen molar-refractivity contribution in [2.75, 3.05) is 0 Å². The molecule has 106 valence electrons. The Hall–Kier alpha value is -2.24. The molecule has 1 heterocycles. The van der Waals surface area contributed by atoms with Crippen LogP contribution in [-0.2, 0) is 6.54 Å². The third-order valence-corrected chi connectivity index (χ3v) is 3.73. The summed E-state index contributed by atoms with van der Waals surface area (Å²) in [6.45, 7) is 0.645. The molecular weight excluding hydrogens is 287 g/mol. The molecule has 5 heteroatoms. The van der Waals surface area contributed by atoms with E-state index >= 15 is 0 Å². The van der Waals surface area contributed by atoms with Crippen LogP contribution >= 0.6 is 12.2 Å². The van der Waals surface area contributed by atoms with Crippen molar-refractivity contribution in [2.45, 2.75) is 6.54 Å². The van der Waals surface area contributed by atoms with Crippen molar-refractivity contribution in [1.29, 1.82) is 0 Å². The number of nitrogens with one attached hydrogen (secondary N) is 1. The van der Waals surface area contributed by atoms with Crippen LogP contribution in [0.3, 0.4) is 0 Å². The van der Waals surface area contributed by atoms with Gasteiger partial charge >= 0.3 is 0 Å². The van der Waals surface area contributed by atoms with E-state index in [1.54, 1.807) is 12.1 Å². The maximum atomic E-state index is 12.9. The Kier molecular flexibility index (Phi) is 3.68. The van der Waals surface area contributed by atoms with E-state index < -0.39 is 0 Å². The number of fused-ring (bicyclic) bond motifs is 1. The van der Waals surface area contributed by atoms with Gasteiger partial charge in [-0.15, -0.1) is 0 Å². The highest BCUT2D eigenvalue weighted by atomic mass is 32.1. The number of hydroxylamine groups is 1. The highest BCUT2D eigenvalue weighted by molar-refractivity contribution is 7.80. The molecule has 0 atom stereocenters. The van der Waals surface area contributed by atoms with Gasteiger partial charge in [0, 0.05) is 23.8 Å². The van der Waals surface area contributed by atoms with E-state index in [4.69, 9.17) is 17.4 Å². The lowest BCUT2D eigenvalue weighted by atomic mass is 10.1. The summed E-state index contributed by atoms with van der Waals surface area (Å²) in [6, 6.07) is 14.2. The quantitative estimate of drug-likeness (QED) is 0.574. The Morgan fingerprint density at radius 3 is 2.62 bits per heavy atom. The summed E-state index contributed by atoms with van der Waals surface area (Å²) in [5.74, 6) is -0.238. The Morgan fingerprint density at radius 2 is 1.90 bits per heavy atom. The van der Waals surface area contributed by atoms with Crippen LogP contribution < -0.4 is 5.48 Å². The molecule has 2 aromatic carbocycles. The first-order valence-electron chi connectivity index (χ1n) is 6.45. The van der Waals surface area contributed by atoms with Crippen molar-refractivity contribution in [2.24, 2.45) is 0 Å². The molecule has 0 spiro atoms. The van der Waals surface area contributed by atoms with Crippen LogP contribution in [0.1, 0.15) is 11.1 Å². The molecule has 0 fully saturated rings. The van der Waals surface area contributed by atoms with Crippen molar-refractivity contribution < 1.29 is 9.60 Å². The molecule has 0 saturated carbocycles. The molecule has 0 bridgehead atoms. The molecule has 2 N–H and O–H groups in total. The number of thiocarbonyl (C=S) groups is 1. The lowest BCUT2D eigenvalue weighted by molar-refractivity contribution is 0.238. The van der Waals surface area contributed by atoms with Gasteiger partial charge < -0.3 is 4.57 Å². The van der Waals surface area contributed by atoms with Gasteiger partial charge in [0.25, 0.3) is 0 Å². The molecule has 0 radical (unpaired) electrons. The fourth-order valence-electron chi connectivity index (χ4n) is 2.31. The highest BCUT2D eigenvalue weighted by Gasteiger charge is 2.06. The second kappa shape index (κ2) is 5.63. The second-order valence-corrected chi connectivity index (χ2v) is 5.19. The minimum atomic E-state index is -0.238. The van der Waals surface area contributed by atoms with Gasteiger partial charge in [-0.1, -0.05) is 36.5 Å². The monoisotopic (exact) mass is 300 g/mol. The molecular formula is C16H13FN2OS. The van der Waals surface area contributed by atoms with Crippen molar-refractivity contribution in [1.82, 2.24) is 10.0 Å². The van der Waals surface area contributed by atoms with Crippen LogP contribution in [0, 0.1) is 5.82 Å². The smallest absolute Gasteiger partial charge is 0.130 e. The number of benzene rings is 2. The molecule has 3 nitrogen and oxygen atoms in total. The van der Waals surface area contributed by atoms with Crippen LogP contribution in [0.4, 0.5) is 4.39 Å². The predicted molar refractivity (Wildman–Crippen MR) is 84.1 cm³/mol. The van der Waals surface area contributed by atoms with E-state index in [9.17, 15) is 4.39 Å². The fraction of sp³-hybridized carbons (Fsp3) is 0.0625. The third kappa shape index (κ3) is 2.79. The van der Waals surface area contributed by atoms with E-state index in [1.165, 1.54) is 12.1 Å². The van der Waals surface area contributed by atoms with Gasteiger partial charge in [-0.2, -0.15) is 0 Å². The van der Waals surface area contributed by atoms with Gasteiger partial charge in [0.2, 0.25) is 0 Å². The van der Waals surface area contributed by atoms with Gasteiger partial charge in [-0.25, -0.2) is 4.39 Å². The summed E-state index contributed by atoms with van der Waals surface area (Å²) in [5, 5.41) is 9.99. The first kappa shape index (κ1) is 13.7. The second-order valence-electron chi connectivity index (χ2n) is 4.78. The normalized spacial score (nSPS) is 10.8. The first-order chi connectivity index (χ1) is 10.2. The van der Waals surface area contributed by atoms with E-state index in [2.05, 4.69) is 4.57 Å². The highest BCUT2D eigenvalue weighted by Crippen LogP contribution is 2.19. The van der Waals surface area contributed by atoms with E-state index in [-0.39, 0.29) is 10.8 Å². The summed E-state index contributed by atoms with van der Waals surface area (Å²) >= 11 is 5.03. The third-order valence-electron chi connectivity index (χ3n) is 3.40. The SMILES string of the molecule is ONC(=S)c1ccc2ccn(Cc3ccc(F)cc3)c2c1. The molecule has 0 unspecified atom stereocenters. The maximum absolute atomic E-state index is 12.9. The lowest BCUT2D eigenvalue weighted by Gasteiger charge is -2.08.